The fraction of sp³-hybridized carbons (Fsp3) is 0.200. The summed E-state index contributed by atoms with van der Waals surface area (Å²) in [7, 11) is 0. The van der Waals surface area contributed by atoms with Crippen molar-refractivity contribution in [2.45, 2.75) is 12.8 Å². The highest BCUT2D eigenvalue weighted by molar-refractivity contribution is 5.76. The van der Waals surface area contributed by atoms with E-state index >= 15 is 0 Å². The first-order chi connectivity index (χ1) is 9.22. The predicted molar refractivity (Wildman–Crippen MR) is 62.4 cm³/mol. The van der Waals surface area contributed by atoms with E-state index in [1.165, 1.54) is 0 Å². The van der Waals surface area contributed by atoms with Gasteiger partial charge in [0.2, 0.25) is 0 Å². The topological polar surface area (TPSA) is 161 Å². The summed E-state index contributed by atoms with van der Waals surface area (Å²) in [6.45, 7) is 0. The van der Waals surface area contributed by atoms with Gasteiger partial charge >= 0.3 is 23.3 Å². The highest BCUT2D eigenvalue weighted by atomic mass is 16.6. The van der Waals surface area contributed by atoms with Crippen LogP contribution in [-0.2, 0) is 22.4 Å². The van der Waals surface area contributed by atoms with Gasteiger partial charge in [0.15, 0.2) is 0 Å². The van der Waals surface area contributed by atoms with Gasteiger partial charge in [-0.15, -0.1) is 0 Å². The van der Waals surface area contributed by atoms with Crippen LogP contribution >= 0.6 is 0 Å². The molecule has 0 unspecified atom stereocenters. The van der Waals surface area contributed by atoms with Crippen molar-refractivity contribution < 1.29 is 29.6 Å². The molecule has 1 rings (SSSR count). The Labute approximate surface area is 110 Å². The van der Waals surface area contributed by atoms with E-state index in [2.05, 4.69) is 0 Å². The molecule has 0 bridgehead atoms. The Bertz CT molecular complexity index is 610. The summed E-state index contributed by atoms with van der Waals surface area (Å²) in [4.78, 5) is 40.8. The van der Waals surface area contributed by atoms with Gasteiger partial charge in [0.25, 0.3) is 0 Å². The maximum absolute atomic E-state index is 10.9. The minimum atomic E-state index is -1.42. The van der Waals surface area contributed by atoms with Crippen LogP contribution in [0.1, 0.15) is 11.1 Å². The van der Waals surface area contributed by atoms with Crippen LogP contribution in [0.15, 0.2) is 12.1 Å². The number of carboxylic acids is 2. The summed E-state index contributed by atoms with van der Waals surface area (Å²) in [5.74, 6) is -2.72. The molecule has 20 heavy (non-hydrogen) atoms. The van der Waals surface area contributed by atoms with Crippen LogP contribution in [-0.4, -0.2) is 32.0 Å². The molecule has 106 valence electrons. The van der Waals surface area contributed by atoms with E-state index in [-0.39, 0.29) is 5.56 Å². The van der Waals surface area contributed by atoms with Crippen LogP contribution in [0.4, 0.5) is 11.4 Å². The molecule has 0 saturated heterocycles. The first-order valence-electron chi connectivity index (χ1n) is 5.10. The van der Waals surface area contributed by atoms with Crippen molar-refractivity contribution in [1.29, 1.82) is 0 Å². The van der Waals surface area contributed by atoms with Gasteiger partial charge in [-0.25, -0.2) is 0 Å². The van der Waals surface area contributed by atoms with E-state index in [9.17, 15) is 29.8 Å². The van der Waals surface area contributed by atoms with Crippen molar-refractivity contribution in [1.82, 2.24) is 0 Å². The van der Waals surface area contributed by atoms with Gasteiger partial charge < -0.3 is 10.2 Å². The van der Waals surface area contributed by atoms with E-state index in [1.807, 2.05) is 0 Å². The Morgan fingerprint density at radius 2 is 1.55 bits per heavy atom. The van der Waals surface area contributed by atoms with Crippen molar-refractivity contribution >= 4 is 23.3 Å². The summed E-state index contributed by atoms with van der Waals surface area (Å²) >= 11 is 0. The number of hydrogen-bond donors (Lipinski definition) is 2. The van der Waals surface area contributed by atoms with Gasteiger partial charge in [0.05, 0.1) is 22.7 Å². The summed E-state index contributed by atoms with van der Waals surface area (Å²) in [6, 6.07) is 1.74. The SMILES string of the molecule is O=C(O)Cc1cc(CC(=O)O)c([N+](=O)[O-])c([N+](=O)[O-])c1. The molecule has 0 fully saturated rings. The molecule has 0 amide bonds. The normalized spacial score (nSPS) is 10.0. The minimum Gasteiger partial charge on any atom is -0.481 e. The molecule has 1 aromatic rings. The lowest BCUT2D eigenvalue weighted by Crippen LogP contribution is -2.09. The summed E-state index contributed by atoms with van der Waals surface area (Å²) in [5, 5.41) is 39.0. The number of nitrogens with zero attached hydrogens (tertiary/aromatic N) is 2. The number of carboxylic acid groups (broad SMARTS) is 2. The molecule has 0 aromatic heterocycles. The fourth-order valence-corrected chi connectivity index (χ4v) is 1.67. The molecule has 0 aliphatic carbocycles. The van der Waals surface area contributed by atoms with Crippen molar-refractivity contribution in [3.63, 3.8) is 0 Å². The Morgan fingerprint density at radius 1 is 1.00 bits per heavy atom. The molecule has 0 heterocycles. The van der Waals surface area contributed by atoms with E-state index in [0.29, 0.717) is 0 Å². The van der Waals surface area contributed by atoms with E-state index in [4.69, 9.17) is 10.2 Å². The maximum atomic E-state index is 10.9. The molecule has 10 nitrogen and oxygen atoms in total. The van der Waals surface area contributed by atoms with E-state index in [0.717, 1.165) is 12.1 Å². The summed E-state index contributed by atoms with van der Waals surface area (Å²) in [6.07, 6.45) is -1.42. The Hall–Kier alpha value is -3.04. The number of nitro groups is 2. The number of carbonyl (C=O) groups is 2. The van der Waals surface area contributed by atoms with Crippen LogP contribution in [0.2, 0.25) is 0 Å². The lowest BCUT2D eigenvalue weighted by atomic mass is 10.0. The standard InChI is InChI=1S/C10H8N2O8/c13-8(14)3-5-1-6(4-9(15)16)10(12(19)20)7(2-5)11(17)18/h1-2H,3-4H2,(H,13,14)(H,15,16). The second-order valence-electron chi connectivity index (χ2n) is 3.78. The molecule has 0 aliphatic rings. The maximum Gasteiger partial charge on any atom is 0.349 e. The van der Waals surface area contributed by atoms with Crippen LogP contribution in [0.25, 0.3) is 0 Å². The largest absolute Gasteiger partial charge is 0.481 e. The molecular formula is C10H8N2O8. The average Bonchev–Trinajstić information content (AvgIpc) is 2.25. The average molecular weight is 284 g/mol. The number of nitro benzene ring substituents is 2. The lowest BCUT2D eigenvalue weighted by Gasteiger charge is -2.04. The molecule has 0 radical (unpaired) electrons. The zero-order valence-corrected chi connectivity index (χ0v) is 9.81. The number of aliphatic carboxylic acids is 2. The monoisotopic (exact) mass is 284 g/mol. The molecule has 10 heteroatoms. The number of rotatable bonds is 6. The number of hydrogen-bond acceptors (Lipinski definition) is 6. The quantitative estimate of drug-likeness (QED) is 0.571. The molecule has 1 aromatic carbocycles. The third-order valence-electron chi connectivity index (χ3n) is 2.30. The van der Waals surface area contributed by atoms with Crippen molar-refractivity contribution in [3.8, 4) is 0 Å². The van der Waals surface area contributed by atoms with Crippen molar-refractivity contribution in [2.24, 2.45) is 0 Å². The summed E-state index contributed by atoms with van der Waals surface area (Å²) in [5.41, 5.74) is -2.35. The second kappa shape index (κ2) is 5.73. The fourth-order valence-electron chi connectivity index (χ4n) is 1.67. The Balaban J connectivity index is 3.53. The number of benzene rings is 1. The molecule has 0 saturated carbocycles. The summed E-state index contributed by atoms with van der Waals surface area (Å²) < 4.78 is 0. The third kappa shape index (κ3) is 3.48. The van der Waals surface area contributed by atoms with Crippen LogP contribution < -0.4 is 0 Å². The molecule has 0 atom stereocenters. The first kappa shape index (κ1) is 15.0. The van der Waals surface area contributed by atoms with Gasteiger partial charge in [-0.3, -0.25) is 29.8 Å². The molecule has 0 spiro atoms. The van der Waals surface area contributed by atoms with E-state index in [1.54, 1.807) is 0 Å². The molecular weight excluding hydrogens is 276 g/mol. The van der Waals surface area contributed by atoms with Gasteiger partial charge in [-0.1, -0.05) is 0 Å². The van der Waals surface area contributed by atoms with Gasteiger partial charge in [-0.05, 0) is 11.6 Å². The molecule has 0 aliphatic heterocycles. The minimum absolute atomic E-state index is 0.0777. The van der Waals surface area contributed by atoms with E-state index < -0.39 is 51.6 Å². The van der Waals surface area contributed by atoms with Crippen LogP contribution in [0.5, 0.6) is 0 Å². The lowest BCUT2D eigenvalue weighted by molar-refractivity contribution is -0.423. The van der Waals surface area contributed by atoms with Crippen LogP contribution in [0, 0.1) is 20.2 Å². The van der Waals surface area contributed by atoms with Crippen LogP contribution in [0.3, 0.4) is 0 Å². The Kier molecular flexibility index (Phi) is 4.31. The highest BCUT2D eigenvalue weighted by Crippen LogP contribution is 2.32. The van der Waals surface area contributed by atoms with Gasteiger partial charge in [0, 0.05) is 11.6 Å². The predicted octanol–water partition coefficient (Wildman–Crippen LogP) is 0.757. The first-order valence-corrected chi connectivity index (χ1v) is 5.10. The highest BCUT2D eigenvalue weighted by Gasteiger charge is 2.30. The smallest absolute Gasteiger partial charge is 0.349 e. The zero-order chi connectivity index (χ0) is 15.4. The second-order valence-corrected chi connectivity index (χ2v) is 3.78. The Morgan fingerprint density at radius 3 is 1.95 bits per heavy atom. The zero-order valence-electron chi connectivity index (χ0n) is 9.81. The molecule has 2 N–H and O–H groups in total. The third-order valence-corrected chi connectivity index (χ3v) is 2.30. The van der Waals surface area contributed by atoms with Gasteiger partial charge in [0.1, 0.15) is 0 Å². The van der Waals surface area contributed by atoms with Gasteiger partial charge in [-0.2, -0.15) is 0 Å². The van der Waals surface area contributed by atoms with Crippen molar-refractivity contribution in [2.75, 3.05) is 0 Å². The van der Waals surface area contributed by atoms with Crippen molar-refractivity contribution in [3.05, 3.63) is 43.5 Å².